The first-order valence-corrected chi connectivity index (χ1v) is 9.74. The first kappa shape index (κ1) is 17.7. The van der Waals surface area contributed by atoms with Gasteiger partial charge in [-0.05, 0) is 48.4 Å². The third-order valence-electron chi connectivity index (χ3n) is 5.07. The van der Waals surface area contributed by atoms with Crippen molar-refractivity contribution in [1.82, 2.24) is 14.9 Å². The molecule has 1 fully saturated rings. The number of aromatic nitrogens is 2. The highest BCUT2D eigenvalue weighted by Crippen LogP contribution is 2.20. The molecule has 0 N–H and O–H groups in total. The molecule has 3 aromatic rings. The van der Waals surface area contributed by atoms with E-state index in [0.29, 0.717) is 0 Å². The van der Waals surface area contributed by atoms with Crippen LogP contribution in [0.15, 0.2) is 60.9 Å². The number of anilines is 1. The molecular formula is C22H26N4O. The number of hydrogen-bond acceptors (Lipinski definition) is 5. The van der Waals surface area contributed by atoms with Gasteiger partial charge in [0.2, 0.25) is 5.95 Å². The molecule has 1 aliphatic heterocycles. The minimum absolute atomic E-state index is 0.774. The number of unbranched alkanes of at least 4 members (excludes halogenated alkanes) is 1. The molecule has 2 aromatic carbocycles. The van der Waals surface area contributed by atoms with Gasteiger partial charge >= 0.3 is 0 Å². The maximum atomic E-state index is 5.94. The molecule has 5 heteroatoms. The fourth-order valence-corrected chi connectivity index (χ4v) is 3.51. The average molecular weight is 362 g/mol. The largest absolute Gasteiger partial charge is 0.494 e. The number of nitrogens with zero attached hydrogens (tertiary/aromatic N) is 4. The molecule has 140 valence electrons. The number of fused-ring (bicyclic) bond motifs is 1. The molecule has 1 aromatic heterocycles. The van der Waals surface area contributed by atoms with Gasteiger partial charge < -0.3 is 9.64 Å². The summed E-state index contributed by atoms with van der Waals surface area (Å²) in [5.41, 5.74) is 0. The lowest BCUT2D eigenvalue weighted by molar-refractivity contribution is 0.238. The second-order valence-electron chi connectivity index (χ2n) is 6.94. The summed E-state index contributed by atoms with van der Waals surface area (Å²) in [7, 11) is 0. The molecule has 1 saturated heterocycles. The van der Waals surface area contributed by atoms with Gasteiger partial charge in [0.05, 0.1) is 6.61 Å². The maximum absolute atomic E-state index is 5.94. The van der Waals surface area contributed by atoms with E-state index >= 15 is 0 Å². The molecule has 0 saturated carbocycles. The standard InChI is InChI=1S/C22H26N4O/c1-2-7-20-18-21(9-8-19(20)6-1)27-17-4-3-12-25-13-15-26(16-14-25)22-23-10-5-11-24-22/h1-2,5-11,18H,3-4,12-17H2. The first-order chi connectivity index (χ1) is 13.4. The highest BCUT2D eigenvalue weighted by molar-refractivity contribution is 5.83. The van der Waals surface area contributed by atoms with Crippen LogP contribution in [-0.2, 0) is 0 Å². The Balaban J connectivity index is 1.14. The van der Waals surface area contributed by atoms with Crippen molar-refractivity contribution in [2.45, 2.75) is 12.8 Å². The zero-order valence-electron chi connectivity index (χ0n) is 15.6. The van der Waals surface area contributed by atoms with Gasteiger partial charge in [-0.3, -0.25) is 4.90 Å². The van der Waals surface area contributed by atoms with Crippen molar-refractivity contribution in [2.24, 2.45) is 0 Å². The highest BCUT2D eigenvalue weighted by Gasteiger charge is 2.18. The highest BCUT2D eigenvalue weighted by atomic mass is 16.5. The van der Waals surface area contributed by atoms with Crippen molar-refractivity contribution >= 4 is 16.7 Å². The second-order valence-corrected chi connectivity index (χ2v) is 6.94. The molecule has 5 nitrogen and oxygen atoms in total. The van der Waals surface area contributed by atoms with Gasteiger partial charge in [0.15, 0.2) is 0 Å². The van der Waals surface area contributed by atoms with Crippen LogP contribution in [0.25, 0.3) is 10.8 Å². The Morgan fingerprint density at radius 3 is 2.41 bits per heavy atom. The number of piperazine rings is 1. The van der Waals surface area contributed by atoms with E-state index in [-0.39, 0.29) is 0 Å². The van der Waals surface area contributed by atoms with Crippen LogP contribution in [0.1, 0.15) is 12.8 Å². The molecule has 0 amide bonds. The molecule has 1 aliphatic rings. The molecule has 0 radical (unpaired) electrons. The number of ether oxygens (including phenoxy) is 1. The van der Waals surface area contributed by atoms with Gasteiger partial charge in [-0.25, -0.2) is 9.97 Å². The monoisotopic (exact) mass is 362 g/mol. The van der Waals surface area contributed by atoms with Crippen molar-refractivity contribution < 1.29 is 4.74 Å². The van der Waals surface area contributed by atoms with E-state index in [4.69, 9.17) is 4.74 Å². The predicted molar refractivity (Wildman–Crippen MR) is 109 cm³/mol. The quantitative estimate of drug-likeness (QED) is 0.601. The summed E-state index contributed by atoms with van der Waals surface area (Å²) < 4.78 is 5.94. The van der Waals surface area contributed by atoms with Crippen molar-refractivity contribution in [3.63, 3.8) is 0 Å². The van der Waals surface area contributed by atoms with Crippen LogP contribution in [0.4, 0.5) is 5.95 Å². The summed E-state index contributed by atoms with van der Waals surface area (Å²) in [5.74, 6) is 1.81. The van der Waals surface area contributed by atoms with Crippen molar-refractivity contribution in [3.8, 4) is 5.75 Å². The van der Waals surface area contributed by atoms with Crippen LogP contribution in [0, 0.1) is 0 Å². The summed E-state index contributed by atoms with van der Waals surface area (Å²) in [5, 5.41) is 2.49. The smallest absolute Gasteiger partial charge is 0.225 e. The molecule has 4 rings (SSSR count). The molecule has 27 heavy (non-hydrogen) atoms. The number of benzene rings is 2. The van der Waals surface area contributed by atoms with Crippen LogP contribution in [0.2, 0.25) is 0 Å². The van der Waals surface area contributed by atoms with Crippen LogP contribution < -0.4 is 9.64 Å². The minimum Gasteiger partial charge on any atom is -0.494 e. The third kappa shape index (κ3) is 4.74. The molecule has 2 heterocycles. The SMILES string of the molecule is c1cnc(N2CCN(CCCCOc3ccc4ccccc4c3)CC2)nc1. The van der Waals surface area contributed by atoms with E-state index in [1.165, 1.54) is 10.8 Å². The summed E-state index contributed by atoms with van der Waals surface area (Å²) in [4.78, 5) is 13.5. The fraction of sp³-hybridized carbons (Fsp3) is 0.364. The molecule has 0 spiro atoms. The Morgan fingerprint density at radius 1 is 0.815 bits per heavy atom. The van der Waals surface area contributed by atoms with Gasteiger partial charge in [-0.2, -0.15) is 0 Å². The lowest BCUT2D eigenvalue weighted by atomic mass is 10.1. The van der Waals surface area contributed by atoms with E-state index in [9.17, 15) is 0 Å². The zero-order chi connectivity index (χ0) is 18.3. The van der Waals surface area contributed by atoms with Crippen LogP contribution in [-0.4, -0.2) is 54.2 Å². The van der Waals surface area contributed by atoms with E-state index in [1.807, 2.05) is 18.5 Å². The van der Waals surface area contributed by atoms with Crippen molar-refractivity contribution in [3.05, 3.63) is 60.9 Å². The average Bonchev–Trinajstić information content (AvgIpc) is 2.74. The Morgan fingerprint density at radius 2 is 1.59 bits per heavy atom. The van der Waals surface area contributed by atoms with E-state index in [0.717, 1.165) is 63.9 Å². The lowest BCUT2D eigenvalue weighted by Crippen LogP contribution is -2.47. The summed E-state index contributed by atoms with van der Waals surface area (Å²) in [6.07, 6.45) is 5.86. The van der Waals surface area contributed by atoms with Gasteiger partial charge in [0, 0.05) is 38.6 Å². The Labute approximate surface area is 160 Å². The maximum Gasteiger partial charge on any atom is 0.225 e. The van der Waals surface area contributed by atoms with Gasteiger partial charge in [-0.15, -0.1) is 0 Å². The van der Waals surface area contributed by atoms with Crippen LogP contribution >= 0.6 is 0 Å². The topological polar surface area (TPSA) is 41.5 Å². The van der Waals surface area contributed by atoms with E-state index in [1.54, 1.807) is 0 Å². The summed E-state index contributed by atoms with van der Waals surface area (Å²) in [6, 6.07) is 16.6. The predicted octanol–water partition coefficient (Wildman–Crippen LogP) is 3.61. The number of rotatable bonds is 7. The molecule has 0 bridgehead atoms. The summed E-state index contributed by atoms with van der Waals surface area (Å²) in [6.45, 7) is 6.05. The zero-order valence-corrected chi connectivity index (χ0v) is 15.6. The lowest BCUT2D eigenvalue weighted by Gasteiger charge is -2.34. The van der Waals surface area contributed by atoms with Crippen molar-refractivity contribution in [2.75, 3.05) is 44.2 Å². The first-order valence-electron chi connectivity index (χ1n) is 9.74. The normalized spacial score (nSPS) is 15.2. The number of hydrogen-bond donors (Lipinski definition) is 0. The van der Waals surface area contributed by atoms with Gasteiger partial charge in [-0.1, -0.05) is 30.3 Å². The molecule has 0 atom stereocenters. The van der Waals surface area contributed by atoms with E-state index in [2.05, 4.69) is 62.2 Å². The Hall–Kier alpha value is -2.66. The van der Waals surface area contributed by atoms with Gasteiger partial charge in [0.25, 0.3) is 0 Å². The van der Waals surface area contributed by atoms with Crippen molar-refractivity contribution in [1.29, 1.82) is 0 Å². The van der Waals surface area contributed by atoms with Crippen LogP contribution in [0.3, 0.4) is 0 Å². The molecular weight excluding hydrogens is 336 g/mol. The second kappa shape index (κ2) is 8.82. The Kier molecular flexibility index (Phi) is 5.80. The Bertz CT molecular complexity index is 847. The van der Waals surface area contributed by atoms with Gasteiger partial charge in [0.1, 0.15) is 5.75 Å². The summed E-state index contributed by atoms with van der Waals surface area (Å²) >= 11 is 0. The third-order valence-corrected chi connectivity index (χ3v) is 5.07. The molecule has 0 aliphatic carbocycles. The van der Waals surface area contributed by atoms with Crippen LogP contribution in [0.5, 0.6) is 5.75 Å². The molecule has 0 unspecified atom stereocenters. The fourth-order valence-electron chi connectivity index (χ4n) is 3.51. The minimum atomic E-state index is 0.774. The van der Waals surface area contributed by atoms with E-state index < -0.39 is 0 Å².